The van der Waals surface area contributed by atoms with Crippen molar-refractivity contribution in [3.63, 3.8) is 0 Å². The molecule has 1 saturated carbocycles. The van der Waals surface area contributed by atoms with Crippen molar-refractivity contribution in [2.75, 3.05) is 23.3 Å². The fourth-order valence-electron chi connectivity index (χ4n) is 3.66. The van der Waals surface area contributed by atoms with E-state index in [4.69, 9.17) is 0 Å². The number of rotatable bonds is 3. The maximum absolute atomic E-state index is 4.67. The van der Waals surface area contributed by atoms with Gasteiger partial charge in [0.1, 0.15) is 17.5 Å². The van der Waals surface area contributed by atoms with Gasteiger partial charge in [-0.1, -0.05) is 32.6 Å². The summed E-state index contributed by atoms with van der Waals surface area (Å²) in [6.45, 7) is 6.61. The fourth-order valence-corrected chi connectivity index (χ4v) is 3.66. The molecule has 2 heterocycles. The van der Waals surface area contributed by atoms with Crippen molar-refractivity contribution in [2.24, 2.45) is 5.92 Å². The van der Waals surface area contributed by atoms with Gasteiger partial charge >= 0.3 is 0 Å². The Morgan fingerprint density at radius 2 is 1.68 bits per heavy atom. The monoisotopic (exact) mass is 302 g/mol. The summed E-state index contributed by atoms with van der Waals surface area (Å²) in [5.41, 5.74) is 0. The van der Waals surface area contributed by atoms with Crippen LogP contribution in [0.1, 0.15) is 64.1 Å². The highest BCUT2D eigenvalue weighted by Gasteiger charge is 2.19. The molecule has 1 aliphatic carbocycles. The summed E-state index contributed by atoms with van der Waals surface area (Å²) in [6.07, 6.45) is 10.6. The Hall–Kier alpha value is -1.32. The number of anilines is 2. The number of aromatic nitrogens is 2. The number of piperidine rings is 1. The molecule has 0 bridgehead atoms. The van der Waals surface area contributed by atoms with Gasteiger partial charge in [0.25, 0.3) is 0 Å². The van der Waals surface area contributed by atoms with Crippen molar-refractivity contribution in [1.82, 2.24) is 9.97 Å². The third-order valence-corrected chi connectivity index (χ3v) is 5.14. The number of hydrogen-bond acceptors (Lipinski definition) is 4. The molecule has 0 atom stereocenters. The molecule has 0 amide bonds. The fraction of sp³-hybridized carbons (Fsp3) is 0.778. The first-order chi connectivity index (χ1) is 10.7. The zero-order valence-electron chi connectivity index (χ0n) is 14.1. The molecule has 0 unspecified atom stereocenters. The number of nitrogens with one attached hydrogen (secondary N) is 1. The van der Waals surface area contributed by atoms with Crippen molar-refractivity contribution in [1.29, 1.82) is 0 Å². The van der Waals surface area contributed by atoms with Crippen molar-refractivity contribution in [2.45, 2.75) is 71.3 Å². The van der Waals surface area contributed by atoms with Crippen LogP contribution in [0.25, 0.3) is 0 Å². The van der Waals surface area contributed by atoms with E-state index in [9.17, 15) is 0 Å². The number of aryl methyl sites for hydroxylation is 1. The first-order valence-electron chi connectivity index (χ1n) is 9.08. The summed E-state index contributed by atoms with van der Waals surface area (Å²) in [5.74, 6) is 3.86. The summed E-state index contributed by atoms with van der Waals surface area (Å²) < 4.78 is 0. The van der Waals surface area contributed by atoms with Gasteiger partial charge in [-0.05, 0) is 38.5 Å². The molecule has 2 aliphatic rings. The Labute approximate surface area is 134 Å². The van der Waals surface area contributed by atoms with E-state index in [1.54, 1.807) is 0 Å². The quantitative estimate of drug-likeness (QED) is 0.851. The van der Waals surface area contributed by atoms with E-state index in [1.165, 1.54) is 51.4 Å². The Balaban J connectivity index is 1.69. The molecule has 1 aromatic heterocycles. The van der Waals surface area contributed by atoms with Gasteiger partial charge in [0.15, 0.2) is 0 Å². The van der Waals surface area contributed by atoms with Crippen LogP contribution in [0.15, 0.2) is 6.07 Å². The maximum Gasteiger partial charge on any atom is 0.134 e. The zero-order chi connectivity index (χ0) is 15.4. The molecule has 1 saturated heterocycles. The van der Waals surface area contributed by atoms with E-state index >= 15 is 0 Å². The van der Waals surface area contributed by atoms with E-state index in [1.807, 2.05) is 6.92 Å². The highest BCUT2D eigenvalue weighted by molar-refractivity contribution is 5.50. The Morgan fingerprint density at radius 3 is 2.36 bits per heavy atom. The molecule has 1 aliphatic heterocycles. The van der Waals surface area contributed by atoms with Crippen molar-refractivity contribution < 1.29 is 0 Å². The zero-order valence-corrected chi connectivity index (χ0v) is 14.1. The van der Waals surface area contributed by atoms with Crippen LogP contribution in [0, 0.1) is 12.8 Å². The van der Waals surface area contributed by atoms with Crippen molar-refractivity contribution in [3.05, 3.63) is 11.9 Å². The molecule has 0 aromatic carbocycles. The standard InChI is InChI=1S/C18H30N4/c1-14-9-11-22(12-10-14)18-13-17(19-15(2)20-18)21-16-7-5-3-4-6-8-16/h13-14,16H,3-12H2,1-2H3,(H,19,20,21). The molecule has 3 rings (SSSR count). The molecule has 4 nitrogen and oxygen atoms in total. The van der Waals surface area contributed by atoms with E-state index in [2.05, 4.69) is 33.2 Å². The van der Waals surface area contributed by atoms with Gasteiger partial charge in [-0.25, -0.2) is 9.97 Å². The topological polar surface area (TPSA) is 41.1 Å². The predicted octanol–water partition coefficient (Wildman–Crippen LogP) is 4.16. The Morgan fingerprint density at radius 1 is 1.00 bits per heavy atom. The van der Waals surface area contributed by atoms with Crippen LogP contribution < -0.4 is 10.2 Å². The van der Waals surface area contributed by atoms with Crippen molar-refractivity contribution in [3.8, 4) is 0 Å². The lowest BCUT2D eigenvalue weighted by Gasteiger charge is -2.31. The molecule has 22 heavy (non-hydrogen) atoms. The Kier molecular flexibility index (Phi) is 5.16. The minimum atomic E-state index is 0.589. The van der Waals surface area contributed by atoms with Crippen LogP contribution in [0.3, 0.4) is 0 Å². The Bertz CT molecular complexity index is 472. The predicted molar refractivity (Wildman–Crippen MR) is 92.5 cm³/mol. The third-order valence-electron chi connectivity index (χ3n) is 5.14. The van der Waals surface area contributed by atoms with Gasteiger partial charge in [0.05, 0.1) is 0 Å². The van der Waals surface area contributed by atoms with Gasteiger partial charge in [0.2, 0.25) is 0 Å². The van der Waals surface area contributed by atoms with Crippen LogP contribution >= 0.6 is 0 Å². The largest absolute Gasteiger partial charge is 0.367 e. The van der Waals surface area contributed by atoms with Crippen molar-refractivity contribution >= 4 is 11.6 Å². The summed E-state index contributed by atoms with van der Waals surface area (Å²) in [5, 5.41) is 3.67. The van der Waals surface area contributed by atoms with Gasteiger partial charge in [-0.3, -0.25) is 0 Å². The van der Waals surface area contributed by atoms with Gasteiger partial charge in [-0.15, -0.1) is 0 Å². The summed E-state index contributed by atoms with van der Waals surface area (Å²) in [7, 11) is 0. The molecular formula is C18H30N4. The molecular weight excluding hydrogens is 272 g/mol. The van der Waals surface area contributed by atoms with Crippen LogP contribution in [0.5, 0.6) is 0 Å². The highest BCUT2D eigenvalue weighted by atomic mass is 15.2. The van der Waals surface area contributed by atoms with Gasteiger partial charge < -0.3 is 10.2 Å². The summed E-state index contributed by atoms with van der Waals surface area (Å²) in [4.78, 5) is 11.7. The first-order valence-corrected chi connectivity index (χ1v) is 9.08. The second-order valence-corrected chi connectivity index (χ2v) is 7.16. The van der Waals surface area contributed by atoms with Crippen LogP contribution in [0.2, 0.25) is 0 Å². The van der Waals surface area contributed by atoms with E-state index in [0.29, 0.717) is 6.04 Å². The molecule has 1 aromatic rings. The molecule has 2 fully saturated rings. The lowest BCUT2D eigenvalue weighted by molar-refractivity contribution is 0.436. The average Bonchev–Trinajstić information content (AvgIpc) is 2.76. The molecule has 0 spiro atoms. The SMILES string of the molecule is Cc1nc(NC2CCCCCC2)cc(N2CCC(C)CC2)n1. The van der Waals surface area contributed by atoms with Gasteiger partial charge in [-0.2, -0.15) is 0 Å². The highest BCUT2D eigenvalue weighted by Crippen LogP contribution is 2.25. The normalized spacial score (nSPS) is 21.6. The second-order valence-electron chi connectivity index (χ2n) is 7.16. The van der Waals surface area contributed by atoms with Crippen LogP contribution in [-0.4, -0.2) is 29.1 Å². The molecule has 4 heteroatoms. The number of nitrogens with zero attached hydrogens (tertiary/aromatic N) is 3. The van der Waals surface area contributed by atoms with E-state index < -0.39 is 0 Å². The summed E-state index contributed by atoms with van der Waals surface area (Å²) in [6, 6.07) is 2.75. The van der Waals surface area contributed by atoms with Gasteiger partial charge in [0, 0.05) is 25.2 Å². The lowest BCUT2D eigenvalue weighted by Crippen LogP contribution is -2.33. The molecule has 122 valence electrons. The van der Waals surface area contributed by atoms with E-state index in [0.717, 1.165) is 36.5 Å². The van der Waals surface area contributed by atoms with E-state index in [-0.39, 0.29) is 0 Å². The minimum absolute atomic E-state index is 0.589. The average molecular weight is 302 g/mol. The maximum atomic E-state index is 4.67. The molecule has 1 N–H and O–H groups in total. The van der Waals surface area contributed by atoms with Crippen LogP contribution in [0.4, 0.5) is 11.6 Å². The summed E-state index contributed by atoms with van der Waals surface area (Å²) >= 11 is 0. The molecule has 0 radical (unpaired) electrons. The minimum Gasteiger partial charge on any atom is -0.367 e. The smallest absolute Gasteiger partial charge is 0.134 e. The lowest BCUT2D eigenvalue weighted by atomic mass is 9.99. The third kappa shape index (κ3) is 4.11. The van der Waals surface area contributed by atoms with Crippen LogP contribution in [-0.2, 0) is 0 Å². The first kappa shape index (κ1) is 15.6. The number of hydrogen-bond donors (Lipinski definition) is 1. The second kappa shape index (κ2) is 7.30.